The van der Waals surface area contributed by atoms with E-state index in [1.807, 2.05) is 7.05 Å². The molecule has 1 heterocycles. The van der Waals surface area contributed by atoms with Crippen LogP contribution in [0.3, 0.4) is 0 Å². The van der Waals surface area contributed by atoms with Gasteiger partial charge in [0.05, 0.1) is 0 Å². The molecule has 1 aliphatic rings. The van der Waals surface area contributed by atoms with E-state index in [0.717, 1.165) is 30.8 Å². The zero-order valence-electron chi connectivity index (χ0n) is 15.1. The van der Waals surface area contributed by atoms with E-state index in [2.05, 4.69) is 52.9 Å². The summed E-state index contributed by atoms with van der Waals surface area (Å²) in [6.07, 6.45) is 7.86. The highest BCUT2D eigenvalue weighted by Gasteiger charge is 2.21. The van der Waals surface area contributed by atoms with Gasteiger partial charge in [-0.25, -0.2) is 0 Å². The van der Waals surface area contributed by atoms with E-state index in [9.17, 15) is 0 Å². The van der Waals surface area contributed by atoms with Gasteiger partial charge in [0.2, 0.25) is 0 Å². The Morgan fingerprint density at radius 1 is 1.23 bits per heavy atom. The number of nitrogens with one attached hydrogen (secondary N) is 1. The van der Waals surface area contributed by atoms with Crippen molar-refractivity contribution in [3.05, 3.63) is 0 Å². The van der Waals surface area contributed by atoms with Crippen molar-refractivity contribution < 1.29 is 0 Å². The Hall–Kier alpha value is -0.420. The average molecular weight is 329 g/mol. The van der Waals surface area contributed by atoms with Gasteiger partial charge in [0.1, 0.15) is 0 Å². The quantitative estimate of drug-likeness (QED) is 0.400. The summed E-state index contributed by atoms with van der Waals surface area (Å²) in [4.78, 5) is 9.17. The van der Waals surface area contributed by atoms with Crippen LogP contribution in [0.5, 0.6) is 0 Å². The number of rotatable bonds is 9. The van der Waals surface area contributed by atoms with Crippen LogP contribution in [0.2, 0.25) is 0 Å². The van der Waals surface area contributed by atoms with Gasteiger partial charge in [-0.3, -0.25) is 4.99 Å². The molecule has 1 rings (SSSR count). The number of guanidine groups is 1. The standard InChI is InChI=1S/C17H36N4S/c1-5-16-15-21(13-14-22-16)17(18-2)19-11-9-7-6-8-10-12-20(3)4/h16H,5-15H2,1-4H3,(H,18,19). The van der Waals surface area contributed by atoms with Gasteiger partial charge in [-0.1, -0.05) is 26.2 Å². The SMILES string of the molecule is CCC1CN(C(=NC)NCCCCCCCN(C)C)CCS1. The van der Waals surface area contributed by atoms with Crippen LogP contribution in [0.1, 0.15) is 45.4 Å². The van der Waals surface area contributed by atoms with Crippen molar-refractivity contribution in [2.75, 3.05) is 53.1 Å². The Balaban J connectivity index is 2.09. The summed E-state index contributed by atoms with van der Waals surface area (Å²) in [7, 11) is 6.21. The molecule has 1 saturated heterocycles. The molecule has 0 bridgehead atoms. The average Bonchev–Trinajstić information content (AvgIpc) is 2.53. The summed E-state index contributed by atoms with van der Waals surface area (Å²) in [6.45, 7) is 6.83. The normalized spacial score (nSPS) is 19.8. The molecule has 0 aromatic rings. The van der Waals surface area contributed by atoms with Gasteiger partial charge in [-0.05, 0) is 39.9 Å². The first-order valence-corrected chi connectivity index (χ1v) is 9.94. The summed E-state index contributed by atoms with van der Waals surface area (Å²) in [5.74, 6) is 2.33. The van der Waals surface area contributed by atoms with Gasteiger partial charge in [0.25, 0.3) is 0 Å². The third kappa shape index (κ3) is 8.28. The van der Waals surface area contributed by atoms with Crippen LogP contribution < -0.4 is 5.32 Å². The zero-order valence-corrected chi connectivity index (χ0v) is 15.9. The molecule has 0 saturated carbocycles. The van der Waals surface area contributed by atoms with Crippen molar-refractivity contribution in [3.8, 4) is 0 Å². The largest absolute Gasteiger partial charge is 0.356 e. The minimum atomic E-state index is 0.768. The summed E-state index contributed by atoms with van der Waals surface area (Å²) >= 11 is 2.11. The Morgan fingerprint density at radius 3 is 2.64 bits per heavy atom. The third-order valence-electron chi connectivity index (χ3n) is 4.17. The van der Waals surface area contributed by atoms with Crippen LogP contribution in [0.4, 0.5) is 0 Å². The minimum absolute atomic E-state index is 0.768. The van der Waals surface area contributed by atoms with Gasteiger partial charge >= 0.3 is 0 Å². The fourth-order valence-electron chi connectivity index (χ4n) is 2.77. The van der Waals surface area contributed by atoms with Crippen molar-refractivity contribution >= 4 is 17.7 Å². The van der Waals surface area contributed by atoms with E-state index >= 15 is 0 Å². The first kappa shape index (κ1) is 19.6. The second kappa shape index (κ2) is 12.1. The molecule has 0 amide bonds. The van der Waals surface area contributed by atoms with Crippen molar-refractivity contribution in [2.45, 2.75) is 50.7 Å². The molecule has 0 radical (unpaired) electrons. The van der Waals surface area contributed by atoms with Gasteiger partial charge in [-0.15, -0.1) is 0 Å². The van der Waals surface area contributed by atoms with Crippen molar-refractivity contribution in [1.29, 1.82) is 0 Å². The van der Waals surface area contributed by atoms with Crippen LogP contribution in [0, 0.1) is 0 Å². The predicted molar refractivity (Wildman–Crippen MR) is 101 cm³/mol. The molecule has 1 fully saturated rings. The molecular weight excluding hydrogens is 292 g/mol. The molecule has 0 aromatic heterocycles. The Morgan fingerprint density at radius 2 is 1.95 bits per heavy atom. The number of thioether (sulfide) groups is 1. The number of hydrogen-bond donors (Lipinski definition) is 1. The van der Waals surface area contributed by atoms with E-state index in [1.165, 1.54) is 50.8 Å². The van der Waals surface area contributed by atoms with Crippen LogP contribution >= 0.6 is 11.8 Å². The molecule has 0 spiro atoms. The lowest BCUT2D eigenvalue weighted by atomic mass is 10.1. The van der Waals surface area contributed by atoms with Gasteiger partial charge in [0, 0.05) is 37.7 Å². The third-order valence-corrected chi connectivity index (χ3v) is 5.54. The molecule has 0 aromatic carbocycles. The smallest absolute Gasteiger partial charge is 0.193 e. The van der Waals surface area contributed by atoms with E-state index in [1.54, 1.807) is 0 Å². The molecule has 1 atom stereocenters. The summed E-state index contributed by atoms with van der Waals surface area (Å²) in [5, 5.41) is 4.32. The van der Waals surface area contributed by atoms with E-state index in [-0.39, 0.29) is 0 Å². The van der Waals surface area contributed by atoms with Crippen molar-refractivity contribution in [2.24, 2.45) is 4.99 Å². The lowest BCUT2D eigenvalue weighted by molar-refractivity contribution is 0.389. The molecule has 5 heteroatoms. The maximum absolute atomic E-state index is 4.46. The second-order valence-electron chi connectivity index (χ2n) is 6.39. The number of unbranched alkanes of at least 4 members (excludes halogenated alkanes) is 4. The number of aliphatic imine (C=N–C) groups is 1. The Kier molecular flexibility index (Phi) is 10.8. The zero-order chi connectivity index (χ0) is 16.2. The number of nitrogens with zero attached hydrogens (tertiary/aromatic N) is 3. The van der Waals surface area contributed by atoms with Gasteiger partial charge in [0.15, 0.2) is 5.96 Å². The lowest BCUT2D eigenvalue weighted by Gasteiger charge is -2.34. The van der Waals surface area contributed by atoms with Crippen molar-refractivity contribution in [3.63, 3.8) is 0 Å². The monoisotopic (exact) mass is 328 g/mol. The van der Waals surface area contributed by atoms with Crippen LogP contribution in [-0.4, -0.2) is 74.1 Å². The second-order valence-corrected chi connectivity index (χ2v) is 7.80. The van der Waals surface area contributed by atoms with E-state index in [0.29, 0.717) is 0 Å². The molecular formula is C17H36N4S. The Labute approximate surface area is 142 Å². The van der Waals surface area contributed by atoms with Crippen LogP contribution in [-0.2, 0) is 0 Å². The summed E-state index contributed by atoms with van der Waals surface area (Å²) < 4.78 is 0. The number of hydrogen-bond acceptors (Lipinski definition) is 3. The summed E-state index contributed by atoms with van der Waals surface area (Å²) in [5.41, 5.74) is 0. The molecule has 4 nitrogen and oxygen atoms in total. The molecule has 1 unspecified atom stereocenters. The van der Waals surface area contributed by atoms with Gasteiger partial charge in [-0.2, -0.15) is 11.8 Å². The fourth-order valence-corrected chi connectivity index (χ4v) is 3.95. The first-order valence-electron chi connectivity index (χ1n) is 8.89. The fraction of sp³-hybridized carbons (Fsp3) is 0.941. The van der Waals surface area contributed by atoms with E-state index < -0.39 is 0 Å². The highest BCUT2D eigenvalue weighted by atomic mass is 32.2. The highest BCUT2D eigenvalue weighted by molar-refractivity contribution is 8.00. The summed E-state index contributed by atoms with van der Waals surface area (Å²) in [6, 6.07) is 0. The van der Waals surface area contributed by atoms with E-state index in [4.69, 9.17) is 0 Å². The molecule has 130 valence electrons. The predicted octanol–water partition coefficient (Wildman–Crippen LogP) is 2.90. The minimum Gasteiger partial charge on any atom is -0.356 e. The van der Waals surface area contributed by atoms with Crippen LogP contribution in [0.25, 0.3) is 0 Å². The molecule has 0 aliphatic carbocycles. The lowest BCUT2D eigenvalue weighted by Crippen LogP contribution is -2.48. The molecule has 1 aliphatic heterocycles. The first-order chi connectivity index (χ1) is 10.7. The Bertz CT molecular complexity index is 307. The van der Waals surface area contributed by atoms with Gasteiger partial charge < -0.3 is 15.1 Å². The molecule has 1 N–H and O–H groups in total. The maximum atomic E-state index is 4.46. The van der Waals surface area contributed by atoms with Crippen molar-refractivity contribution in [1.82, 2.24) is 15.1 Å². The maximum Gasteiger partial charge on any atom is 0.193 e. The molecule has 22 heavy (non-hydrogen) atoms. The topological polar surface area (TPSA) is 30.9 Å². The van der Waals surface area contributed by atoms with Crippen LogP contribution in [0.15, 0.2) is 4.99 Å². The highest BCUT2D eigenvalue weighted by Crippen LogP contribution is 2.20.